The average molecular weight is 259 g/mol. The molecule has 0 spiro atoms. The fourth-order valence-corrected chi connectivity index (χ4v) is 2.05. The fourth-order valence-electron chi connectivity index (χ4n) is 2.05. The van der Waals surface area contributed by atoms with Gasteiger partial charge in [-0.3, -0.25) is 0 Å². The summed E-state index contributed by atoms with van der Waals surface area (Å²) in [6.07, 6.45) is 0. The average Bonchev–Trinajstić information content (AvgIpc) is 2.53. The van der Waals surface area contributed by atoms with E-state index in [0.29, 0.717) is 5.69 Å². The maximum absolute atomic E-state index is 9.01. The van der Waals surface area contributed by atoms with Crippen LogP contribution in [-0.4, -0.2) is 0 Å². The van der Waals surface area contributed by atoms with Crippen LogP contribution in [0.4, 0.5) is 17.1 Å². The molecule has 0 fully saturated rings. The third kappa shape index (κ3) is 2.25. The van der Waals surface area contributed by atoms with Crippen molar-refractivity contribution in [1.82, 2.24) is 0 Å². The van der Waals surface area contributed by atoms with Crippen molar-refractivity contribution >= 4 is 27.8 Å². The summed E-state index contributed by atoms with van der Waals surface area (Å²) in [5.74, 6) is 0. The maximum Gasteiger partial charge on any atom is 0.392 e. The number of hydrogen-bond donors (Lipinski definition) is 0. The maximum atomic E-state index is 9.01. The molecule has 0 radical (unpaired) electrons. The van der Waals surface area contributed by atoms with Crippen LogP contribution in [0.15, 0.2) is 77.0 Å². The summed E-state index contributed by atoms with van der Waals surface area (Å²) in [6.45, 7) is 0. The molecular weight excluding hydrogens is 248 g/mol. The zero-order valence-electron chi connectivity index (χ0n) is 10.6. The Kier molecular flexibility index (Phi) is 3.17. The molecule has 3 aromatic rings. The van der Waals surface area contributed by atoms with E-state index in [1.54, 1.807) is 12.1 Å². The molecule has 0 atom stereocenters. The first-order chi connectivity index (χ1) is 9.88. The molecular formula is C16H11N4+. The predicted octanol–water partition coefficient (Wildman–Crippen LogP) is 5.74. The molecule has 0 amide bonds. The topological polar surface area (TPSA) is 52.9 Å². The number of fused-ring (bicyclic) bond motifs is 1. The summed E-state index contributed by atoms with van der Waals surface area (Å²) < 4.78 is 0. The van der Waals surface area contributed by atoms with Crippen LogP contribution in [0.3, 0.4) is 0 Å². The van der Waals surface area contributed by atoms with Gasteiger partial charge in [0.15, 0.2) is 4.98 Å². The smallest absolute Gasteiger partial charge is 0.151 e. The molecule has 0 heterocycles. The van der Waals surface area contributed by atoms with Crippen LogP contribution in [0.5, 0.6) is 0 Å². The lowest BCUT2D eigenvalue weighted by molar-refractivity contribution is 1.24. The van der Waals surface area contributed by atoms with Gasteiger partial charge in [0.25, 0.3) is 0 Å². The summed E-state index contributed by atoms with van der Waals surface area (Å²) in [5, 5.41) is 19.3. The first-order valence-corrected chi connectivity index (χ1v) is 6.22. The summed E-state index contributed by atoms with van der Waals surface area (Å²) in [6, 6.07) is 20.7. The van der Waals surface area contributed by atoms with E-state index < -0.39 is 0 Å². The van der Waals surface area contributed by atoms with Crippen molar-refractivity contribution in [2.45, 2.75) is 0 Å². The molecule has 0 aliphatic carbocycles. The van der Waals surface area contributed by atoms with Crippen LogP contribution in [0.1, 0.15) is 0 Å². The highest BCUT2D eigenvalue weighted by Crippen LogP contribution is 2.34. The highest BCUT2D eigenvalue weighted by atomic mass is 15.1. The summed E-state index contributed by atoms with van der Waals surface area (Å²) >= 11 is 0. The van der Waals surface area contributed by atoms with Crippen molar-refractivity contribution in [2.24, 2.45) is 10.2 Å². The Morgan fingerprint density at radius 1 is 0.700 bits per heavy atom. The predicted molar refractivity (Wildman–Crippen MR) is 79.3 cm³/mol. The Morgan fingerprint density at radius 2 is 1.40 bits per heavy atom. The minimum atomic E-state index is 0.527. The van der Waals surface area contributed by atoms with E-state index in [4.69, 9.17) is 5.39 Å². The second kappa shape index (κ2) is 5.29. The number of azo groups is 1. The normalized spacial score (nSPS) is 10.8. The molecule has 4 nitrogen and oxygen atoms in total. The molecule has 3 aromatic carbocycles. The van der Waals surface area contributed by atoms with Gasteiger partial charge in [-0.25, -0.2) is 0 Å². The van der Waals surface area contributed by atoms with Crippen LogP contribution in [0, 0.1) is 5.39 Å². The Labute approximate surface area is 116 Å². The van der Waals surface area contributed by atoms with E-state index in [2.05, 4.69) is 15.2 Å². The zero-order valence-corrected chi connectivity index (χ0v) is 10.6. The Balaban J connectivity index is 2.10. The van der Waals surface area contributed by atoms with Crippen LogP contribution in [-0.2, 0) is 0 Å². The minimum absolute atomic E-state index is 0.527. The van der Waals surface area contributed by atoms with Gasteiger partial charge in [0.1, 0.15) is 0 Å². The second-order valence-electron chi connectivity index (χ2n) is 4.28. The van der Waals surface area contributed by atoms with Crippen LogP contribution >= 0.6 is 0 Å². The molecule has 0 aromatic heterocycles. The summed E-state index contributed by atoms with van der Waals surface area (Å²) in [5.41, 5.74) is 2.07. The number of hydrogen-bond acceptors (Lipinski definition) is 3. The number of rotatable bonds is 2. The zero-order chi connectivity index (χ0) is 13.8. The van der Waals surface area contributed by atoms with Gasteiger partial charge in [-0.2, -0.15) is 5.11 Å². The van der Waals surface area contributed by atoms with Gasteiger partial charge in [-0.15, -0.1) is 5.11 Å². The molecule has 0 saturated carbocycles. The van der Waals surface area contributed by atoms with E-state index in [9.17, 15) is 0 Å². The van der Waals surface area contributed by atoms with Gasteiger partial charge in [0.05, 0.1) is 16.8 Å². The summed E-state index contributed by atoms with van der Waals surface area (Å²) in [4.78, 5) is 3.29. The largest absolute Gasteiger partial charge is 0.392 e. The van der Waals surface area contributed by atoms with Crippen molar-refractivity contribution in [3.8, 4) is 0 Å². The fraction of sp³-hybridized carbons (Fsp3) is 0. The first kappa shape index (κ1) is 12.0. The standard InChI is InChI=1S/C16H11N4/c17-18-15-10-11-16(14-9-5-4-8-13(14)15)20-19-12-6-2-1-3-7-12/h1-11H/q+1. The van der Waals surface area contributed by atoms with Gasteiger partial charge in [-0.05, 0) is 24.3 Å². The molecule has 0 aliphatic heterocycles. The van der Waals surface area contributed by atoms with E-state index in [1.807, 2.05) is 54.6 Å². The molecule has 0 aliphatic rings. The summed E-state index contributed by atoms with van der Waals surface area (Å²) in [7, 11) is 0. The van der Waals surface area contributed by atoms with Crippen molar-refractivity contribution in [3.05, 3.63) is 71.7 Å². The minimum Gasteiger partial charge on any atom is -0.151 e. The Hall–Kier alpha value is -3.06. The van der Waals surface area contributed by atoms with Crippen LogP contribution in [0.25, 0.3) is 15.7 Å². The number of benzene rings is 3. The molecule has 0 saturated heterocycles. The van der Waals surface area contributed by atoms with Crippen molar-refractivity contribution in [1.29, 1.82) is 5.39 Å². The molecule has 0 N–H and O–H groups in total. The van der Waals surface area contributed by atoms with Gasteiger partial charge >= 0.3 is 5.69 Å². The van der Waals surface area contributed by atoms with E-state index >= 15 is 0 Å². The molecule has 94 valence electrons. The van der Waals surface area contributed by atoms with Crippen molar-refractivity contribution < 1.29 is 0 Å². The lowest BCUT2D eigenvalue weighted by Crippen LogP contribution is -1.74. The molecule has 0 unspecified atom stereocenters. The molecule has 3 rings (SSSR count). The molecule has 4 heteroatoms. The van der Waals surface area contributed by atoms with E-state index in [-0.39, 0.29) is 0 Å². The lowest BCUT2D eigenvalue weighted by Gasteiger charge is -1.98. The molecule has 0 bridgehead atoms. The van der Waals surface area contributed by atoms with Gasteiger partial charge < -0.3 is 0 Å². The highest BCUT2D eigenvalue weighted by molar-refractivity contribution is 6.00. The van der Waals surface area contributed by atoms with Gasteiger partial charge in [0, 0.05) is 11.5 Å². The van der Waals surface area contributed by atoms with Gasteiger partial charge in [-0.1, -0.05) is 36.4 Å². The number of nitrogens with zero attached hydrogens (tertiary/aromatic N) is 4. The first-order valence-electron chi connectivity index (χ1n) is 6.22. The third-order valence-corrected chi connectivity index (χ3v) is 3.02. The molecule has 20 heavy (non-hydrogen) atoms. The highest BCUT2D eigenvalue weighted by Gasteiger charge is 2.13. The monoisotopic (exact) mass is 259 g/mol. The van der Waals surface area contributed by atoms with Crippen LogP contribution < -0.4 is 0 Å². The second-order valence-corrected chi connectivity index (χ2v) is 4.28. The van der Waals surface area contributed by atoms with E-state index in [1.165, 1.54) is 0 Å². The third-order valence-electron chi connectivity index (χ3n) is 3.02. The lowest BCUT2D eigenvalue weighted by atomic mass is 10.1. The Morgan fingerprint density at radius 3 is 2.15 bits per heavy atom. The van der Waals surface area contributed by atoms with Crippen LogP contribution in [0.2, 0.25) is 0 Å². The van der Waals surface area contributed by atoms with Crippen molar-refractivity contribution in [3.63, 3.8) is 0 Å². The van der Waals surface area contributed by atoms with Crippen molar-refractivity contribution in [2.75, 3.05) is 0 Å². The van der Waals surface area contributed by atoms with E-state index in [0.717, 1.165) is 22.1 Å². The van der Waals surface area contributed by atoms with Gasteiger partial charge in [0.2, 0.25) is 5.39 Å². The Bertz CT molecular complexity index is 817. The quantitative estimate of drug-likeness (QED) is 0.427. The number of diazo groups is 1. The SMILES string of the molecule is N#[N+]c1ccc(N=Nc2ccccc2)c2ccccc12.